The minimum Gasteiger partial charge on any atom is -0.264 e. The second kappa shape index (κ2) is 3.30. The first-order valence-electron chi connectivity index (χ1n) is 3.47. The summed E-state index contributed by atoms with van der Waals surface area (Å²) < 4.78 is 12.9. The van der Waals surface area contributed by atoms with Crippen LogP contribution in [-0.2, 0) is 6.54 Å². The van der Waals surface area contributed by atoms with Gasteiger partial charge in [0.2, 0.25) is 6.54 Å². The summed E-state index contributed by atoms with van der Waals surface area (Å²) in [7, 11) is 0. The molecule has 1 rings (SSSR count). The van der Waals surface area contributed by atoms with Crippen molar-refractivity contribution in [2.24, 2.45) is 0 Å². The number of nitrogens with zero attached hydrogens (tertiary/aromatic N) is 1. The molecular weight excluding hydrogens is 161 g/mol. The average Bonchev–Trinajstić information content (AvgIpc) is 1.97. The second-order valence-electron chi connectivity index (χ2n) is 2.53. The van der Waals surface area contributed by atoms with Crippen molar-refractivity contribution in [3.8, 4) is 0 Å². The van der Waals surface area contributed by atoms with Gasteiger partial charge in [-0.05, 0) is 18.6 Å². The quantitative estimate of drug-likeness (QED) is 0.501. The third-order valence-electron chi connectivity index (χ3n) is 1.64. The molecule has 0 aromatic heterocycles. The zero-order valence-corrected chi connectivity index (χ0v) is 6.58. The van der Waals surface area contributed by atoms with E-state index in [9.17, 15) is 14.5 Å². The molecule has 0 saturated heterocycles. The Morgan fingerprint density at radius 1 is 1.58 bits per heavy atom. The van der Waals surface area contributed by atoms with E-state index in [-0.39, 0.29) is 5.56 Å². The molecule has 0 aliphatic rings. The maximum Gasteiger partial charge on any atom is 0.232 e. The smallest absolute Gasteiger partial charge is 0.232 e. The summed E-state index contributed by atoms with van der Waals surface area (Å²) in [5, 5.41) is 10.1. The summed E-state index contributed by atoms with van der Waals surface area (Å²) in [6.45, 7) is 1.21. The zero-order valence-electron chi connectivity index (χ0n) is 6.58. The lowest BCUT2D eigenvalue weighted by Crippen LogP contribution is -2.02. The molecule has 0 aliphatic carbocycles. The number of rotatable bonds is 2. The van der Waals surface area contributed by atoms with Gasteiger partial charge in [0.25, 0.3) is 0 Å². The number of aryl methyl sites for hydroxylation is 1. The van der Waals surface area contributed by atoms with Crippen molar-refractivity contribution < 1.29 is 9.31 Å². The Balaban J connectivity index is 3.04. The van der Waals surface area contributed by atoms with Crippen molar-refractivity contribution in [2.45, 2.75) is 13.5 Å². The van der Waals surface area contributed by atoms with E-state index in [2.05, 4.69) is 0 Å². The third-order valence-corrected chi connectivity index (χ3v) is 1.64. The zero-order chi connectivity index (χ0) is 9.14. The summed E-state index contributed by atoms with van der Waals surface area (Å²) in [5.41, 5.74) is 0.786. The minimum absolute atomic E-state index is 0.169. The Labute approximate surface area is 69.0 Å². The van der Waals surface area contributed by atoms with Gasteiger partial charge in [-0.25, -0.2) is 4.39 Å². The molecule has 0 aliphatic heterocycles. The molecule has 12 heavy (non-hydrogen) atoms. The Morgan fingerprint density at radius 2 is 2.25 bits per heavy atom. The fraction of sp³-hybridized carbons (Fsp3) is 0.250. The Kier molecular flexibility index (Phi) is 2.38. The predicted octanol–water partition coefficient (Wildman–Crippen LogP) is 1.91. The number of benzene rings is 1. The van der Waals surface area contributed by atoms with Crippen LogP contribution in [0, 0.1) is 22.9 Å². The minimum atomic E-state index is -0.536. The van der Waals surface area contributed by atoms with Gasteiger partial charge in [0.1, 0.15) is 5.82 Å². The lowest BCUT2D eigenvalue weighted by Gasteiger charge is -2.00. The first-order chi connectivity index (χ1) is 5.61. The van der Waals surface area contributed by atoms with E-state index >= 15 is 0 Å². The van der Waals surface area contributed by atoms with E-state index in [1.165, 1.54) is 12.1 Å². The van der Waals surface area contributed by atoms with E-state index in [1.54, 1.807) is 13.0 Å². The predicted molar refractivity (Wildman–Crippen MR) is 41.8 cm³/mol. The van der Waals surface area contributed by atoms with E-state index < -0.39 is 17.3 Å². The van der Waals surface area contributed by atoms with Crippen molar-refractivity contribution in [1.29, 1.82) is 0 Å². The highest BCUT2D eigenvalue weighted by Crippen LogP contribution is 2.12. The normalized spacial score (nSPS) is 9.83. The molecule has 0 unspecified atom stereocenters. The van der Waals surface area contributed by atoms with Gasteiger partial charge in [-0.15, -0.1) is 0 Å². The van der Waals surface area contributed by atoms with E-state index in [1.807, 2.05) is 0 Å². The summed E-state index contributed by atoms with van der Waals surface area (Å²) in [6, 6.07) is 4.42. The first kappa shape index (κ1) is 8.64. The summed E-state index contributed by atoms with van der Waals surface area (Å²) in [6.07, 6.45) is 0. The number of hydrogen-bond donors (Lipinski definition) is 0. The Morgan fingerprint density at radius 3 is 2.75 bits per heavy atom. The molecule has 0 heterocycles. The van der Waals surface area contributed by atoms with Crippen molar-refractivity contribution >= 4 is 0 Å². The second-order valence-corrected chi connectivity index (χ2v) is 2.53. The van der Waals surface area contributed by atoms with Gasteiger partial charge < -0.3 is 0 Å². The van der Waals surface area contributed by atoms with Gasteiger partial charge in [-0.3, -0.25) is 10.1 Å². The van der Waals surface area contributed by atoms with Gasteiger partial charge in [0.05, 0.1) is 5.56 Å². The standard InChI is InChI=1S/C8H8FNO2/c1-6-3-2-4-8(9)7(6)5-10(11)12/h2-4H,5H2,1H3. The van der Waals surface area contributed by atoms with Gasteiger partial charge in [0.15, 0.2) is 0 Å². The van der Waals surface area contributed by atoms with E-state index in [4.69, 9.17) is 0 Å². The van der Waals surface area contributed by atoms with Gasteiger partial charge >= 0.3 is 0 Å². The maximum absolute atomic E-state index is 12.9. The Hall–Kier alpha value is -1.45. The van der Waals surface area contributed by atoms with Crippen molar-refractivity contribution in [3.05, 3.63) is 45.3 Å². The molecule has 1 aromatic carbocycles. The molecule has 0 atom stereocenters. The molecule has 0 N–H and O–H groups in total. The summed E-state index contributed by atoms with van der Waals surface area (Å²) >= 11 is 0. The SMILES string of the molecule is Cc1cccc(F)c1C[N+](=O)[O-]. The summed E-state index contributed by atoms with van der Waals surface area (Å²) in [4.78, 5) is 9.58. The lowest BCUT2D eigenvalue weighted by atomic mass is 10.1. The molecule has 64 valence electrons. The fourth-order valence-corrected chi connectivity index (χ4v) is 0.996. The van der Waals surface area contributed by atoms with Crippen LogP contribution in [0.1, 0.15) is 11.1 Å². The molecule has 0 spiro atoms. The average molecular weight is 169 g/mol. The largest absolute Gasteiger partial charge is 0.264 e. The molecule has 1 aromatic rings. The van der Waals surface area contributed by atoms with Crippen molar-refractivity contribution in [1.82, 2.24) is 0 Å². The van der Waals surface area contributed by atoms with Crippen molar-refractivity contribution in [3.63, 3.8) is 0 Å². The Bertz CT molecular complexity index is 292. The molecule has 0 bridgehead atoms. The maximum atomic E-state index is 12.9. The highest BCUT2D eigenvalue weighted by Gasteiger charge is 2.10. The van der Waals surface area contributed by atoms with Crippen LogP contribution in [-0.4, -0.2) is 4.92 Å². The van der Waals surface area contributed by atoms with Crippen LogP contribution in [0.3, 0.4) is 0 Å². The van der Waals surface area contributed by atoms with Gasteiger partial charge in [-0.1, -0.05) is 12.1 Å². The van der Waals surface area contributed by atoms with Crippen LogP contribution in [0.5, 0.6) is 0 Å². The third kappa shape index (κ3) is 1.78. The van der Waals surface area contributed by atoms with E-state index in [0.29, 0.717) is 5.56 Å². The molecule has 0 fully saturated rings. The number of hydrogen-bond acceptors (Lipinski definition) is 2. The van der Waals surface area contributed by atoms with Crippen LogP contribution in [0.4, 0.5) is 4.39 Å². The van der Waals surface area contributed by atoms with Crippen LogP contribution in [0.15, 0.2) is 18.2 Å². The molecular formula is C8H8FNO2. The molecule has 3 nitrogen and oxygen atoms in total. The van der Waals surface area contributed by atoms with Crippen LogP contribution < -0.4 is 0 Å². The van der Waals surface area contributed by atoms with Gasteiger partial charge in [-0.2, -0.15) is 0 Å². The lowest BCUT2D eigenvalue weighted by molar-refractivity contribution is -0.497. The van der Waals surface area contributed by atoms with Crippen LogP contribution >= 0.6 is 0 Å². The van der Waals surface area contributed by atoms with E-state index in [0.717, 1.165) is 0 Å². The monoisotopic (exact) mass is 169 g/mol. The number of nitro groups is 1. The fourth-order valence-electron chi connectivity index (χ4n) is 0.996. The highest BCUT2D eigenvalue weighted by molar-refractivity contribution is 5.26. The van der Waals surface area contributed by atoms with Crippen LogP contribution in [0.2, 0.25) is 0 Å². The summed E-state index contributed by atoms with van der Waals surface area (Å²) in [5.74, 6) is -0.508. The van der Waals surface area contributed by atoms with Crippen molar-refractivity contribution in [2.75, 3.05) is 0 Å². The highest BCUT2D eigenvalue weighted by atomic mass is 19.1. The molecule has 0 saturated carbocycles. The van der Waals surface area contributed by atoms with Gasteiger partial charge in [0, 0.05) is 4.92 Å². The number of halogens is 1. The topological polar surface area (TPSA) is 43.1 Å². The van der Waals surface area contributed by atoms with Crippen LogP contribution in [0.25, 0.3) is 0 Å². The molecule has 4 heteroatoms. The molecule has 0 amide bonds. The molecule has 0 radical (unpaired) electrons. The first-order valence-corrected chi connectivity index (χ1v) is 3.47.